The van der Waals surface area contributed by atoms with Crippen molar-refractivity contribution in [2.45, 2.75) is 52.9 Å². The quantitative estimate of drug-likeness (QED) is 0.712. The van der Waals surface area contributed by atoms with Gasteiger partial charge in [-0.2, -0.15) is 0 Å². The Morgan fingerprint density at radius 3 is 2.36 bits per heavy atom. The first-order valence-corrected chi connectivity index (χ1v) is 6.46. The molecule has 1 saturated carbocycles. The largest absolute Gasteiger partial charge is 0.317 e. The van der Waals surface area contributed by atoms with Crippen molar-refractivity contribution < 1.29 is 0 Å². The highest BCUT2D eigenvalue weighted by molar-refractivity contribution is 4.75. The van der Waals surface area contributed by atoms with Crippen molar-refractivity contribution in [2.75, 3.05) is 13.1 Å². The molecule has 0 aromatic carbocycles. The average molecular weight is 197 g/mol. The molecule has 0 radical (unpaired) electrons. The summed E-state index contributed by atoms with van der Waals surface area (Å²) in [7, 11) is 0. The molecule has 0 spiro atoms. The first-order valence-electron chi connectivity index (χ1n) is 6.46. The summed E-state index contributed by atoms with van der Waals surface area (Å²) in [5, 5.41) is 3.47. The van der Waals surface area contributed by atoms with E-state index in [9.17, 15) is 0 Å². The van der Waals surface area contributed by atoms with Crippen LogP contribution in [0, 0.1) is 17.8 Å². The minimum atomic E-state index is 0.845. The third-order valence-corrected chi connectivity index (χ3v) is 4.01. The van der Waals surface area contributed by atoms with Crippen LogP contribution in [0.4, 0.5) is 0 Å². The molecule has 1 N–H and O–H groups in total. The second-order valence-electron chi connectivity index (χ2n) is 5.04. The van der Waals surface area contributed by atoms with Crippen LogP contribution in [-0.2, 0) is 0 Å². The maximum atomic E-state index is 3.47. The molecule has 0 bridgehead atoms. The van der Waals surface area contributed by atoms with Gasteiger partial charge in [-0.15, -0.1) is 0 Å². The van der Waals surface area contributed by atoms with Gasteiger partial charge >= 0.3 is 0 Å². The van der Waals surface area contributed by atoms with Crippen molar-refractivity contribution in [1.29, 1.82) is 0 Å². The molecule has 0 amide bonds. The van der Waals surface area contributed by atoms with E-state index < -0.39 is 0 Å². The van der Waals surface area contributed by atoms with E-state index in [2.05, 4.69) is 26.1 Å². The molecule has 0 aromatic heterocycles. The zero-order chi connectivity index (χ0) is 10.4. The van der Waals surface area contributed by atoms with Crippen molar-refractivity contribution in [3.63, 3.8) is 0 Å². The van der Waals surface area contributed by atoms with E-state index in [0.29, 0.717) is 0 Å². The summed E-state index contributed by atoms with van der Waals surface area (Å²) in [6.45, 7) is 9.37. The zero-order valence-electron chi connectivity index (χ0n) is 10.2. The molecule has 0 aliphatic heterocycles. The highest BCUT2D eigenvalue weighted by Gasteiger charge is 2.23. The summed E-state index contributed by atoms with van der Waals surface area (Å²) in [6.07, 6.45) is 7.39. The fraction of sp³-hybridized carbons (Fsp3) is 1.00. The van der Waals surface area contributed by atoms with Gasteiger partial charge in [0.25, 0.3) is 0 Å². The Hall–Kier alpha value is -0.0400. The monoisotopic (exact) mass is 197 g/mol. The number of hydrogen-bond acceptors (Lipinski definition) is 1. The van der Waals surface area contributed by atoms with Crippen molar-refractivity contribution in [3.8, 4) is 0 Å². The second kappa shape index (κ2) is 6.44. The van der Waals surface area contributed by atoms with Crippen LogP contribution in [0.15, 0.2) is 0 Å². The summed E-state index contributed by atoms with van der Waals surface area (Å²) >= 11 is 0. The van der Waals surface area contributed by atoms with Gasteiger partial charge in [0.2, 0.25) is 0 Å². The predicted molar refractivity (Wildman–Crippen MR) is 63.4 cm³/mol. The maximum absolute atomic E-state index is 3.47. The van der Waals surface area contributed by atoms with Crippen LogP contribution < -0.4 is 5.32 Å². The Labute approximate surface area is 89.7 Å². The van der Waals surface area contributed by atoms with Gasteiger partial charge in [0.15, 0.2) is 0 Å². The van der Waals surface area contributed by atoms with Crippen molar-refractivity contribution >= 4 is 0 Å². The highest BCUT2D eigenvalue weighted by atomic mass is 14.8. The summed E-state index contributed by atoms with van der Waals surface area (Å²) in [5.41, 5.74) is 0. The second-order valence-corrected chi connectivity index (χ2v) is 5.04. The van der Waals surface area contributed by atoms with Gasteiger partial charge in [0, 0.05) is 0 Å². The molecule has 1 aliphatic carbocycles. The lowest BCUT2D eigenvalue weighted by atomic mass is 9.75. The minimum absolute atomic E-state index is 0.845. The van der Waals surface area contributed by atoms with E-state index in [1.54, 1.807) is 0 Å². The Kier molecular flexibility index (Phi) is 5.54. The molecule has 0 aromatic rings. The summed E-state index contributed by atoms with van der Waals surface area (Å²) in [5.74, 6) is 2.77. The first kappa shape index (κ1) is 12.0. The normalized spacial score (nSPS) is 23.4. The van der Waals surface area contributed by atoms with Gasteiger partial charge in [0.1, 0.15) is 0 Å². The summed E-state index contributed by atoms with van der Waals surface area (Å²) in [6, 6.07) is 0. The first-order chi connectivity index (χ1) is 6.75. The molecule has 2 unspecified atom stereocenters. The van der Waals surface area contributed by atoms with Gasteiger partial charge in [-0.05, 0) is 30.8 Å². The molecule has 1 rings (SSSR count). The number of hydrogen-bond donors (Lipinski definition) is 1. The van der Waals surface area contributed by atoms with Gasteiger partial charge in [-0.3, -0.25) is 0 Å². The number of rotatable bonds is 5. The van der Waals surface area contributed by atoms with E-state index >= 15 is 0 Å². The molecule has 1 nitrogen and oxygen atoms in total. The Balaban J connectivity index is 2.26. The van der Waals surface area contributed by atoms with Crippen molar-refractivity contribution in [1.82, 2.24) is 5.32 Å². The van der Waals surface area contributed by atoms with Gasteiger partial charge in [-0.25, -0.2) is 0 Å². The lowest BCUT2D eigenvalue weighted by Crippen LogP contribution is -2.29. The molecule has 84 valence electrons. The lowest BCUT2D eigenvalue weighted by Gasteiger charge is -2.31. The zero-order valence-corrected chi connectivity index (χ0v) is 10.2. The molecular weight excluding hydrogens is 170 g/mol. The molecule has 2 atom stereocenters. The Morgan fingerprint density at radius 2 is 1.79 bits per heavy atom. The summed E-state index contributed by atoms with van der Waals surface area (Å²) in [4.78, 5) is 0. The Morgan fingerprint density at radius 1 is 1.14 bits per heavy atom. The van der Waals surface area contributed by atoms with Gasteiger partial charge in [0.05, 0.1) is 0 Å². The minimum Gasteiger partial charge on any atom is -0.317 e. The summed E-state index contributed by atoms with van der Waals surface area (Å²) < 4.78 is 0. The predicted octanol–water partition coefficient (Wildman–Crippen LogP) is 3.45. The third-order valence-electron chi connectivity index (χ3n) is 4.01. The highest BCUT2D eigenvalue weighted by Crippen LogP contribution is 2.33. The fourth-order valence-corrected chi connectivity index (χ4v) is 2.68. The van der Waals surface area contributed by atoms with Gasteiger partial charge in [-0.1, -0.05) is 52.9 Å². The smallest absolute Gasteiger partial charge is 0.00206 e. The topological polar surface area (TPSA) is 12.0 Å². The third kappa shape index (κ3) is 3.61. The molecule has 1 heteroatoms. The van der Waals surface area contributed by atoms with Crippen molar-refractivity contribution in [3.05, 3.63) is 0 Å². The van der Waals surface area contributed by atoms with Crippen LogP contribution in [0.1, 0.15) is 52.9 Å². The van der Waals surface area contributed by atoms with Crippen LogP contribution in [0.2, 0.25) is 0 Å². The SMILES string of the molecule is CCNCC(C)C(C)C1CCCCC1. The van der Waals surface area contributed by atoms with E-state index in [0.717, 1.165) is 24.3 Å². The molecular formula is C13H27N. The van der Waals surface area contributed by atoms with Crippen molar-refractivity contribution in [2.24, 2.45) is 17.8 Å². The molecule has 14 heavy (non-hydrogen) atoms. The molecule has 1 aliphatic rings. The molecule has 1 fully saturated rings. The average Bonchev–Trinajstić information content (AvgIpc) is 2.26. The maximum Gasteiger partial charge on any atom is -0.00206 e. The molecule has 0 saturated heterocycles. The van der Waals surface area contributed by atoms with Crippen LogP contribution in [0.25, 0.3) is 0 Å². The Bertz CT molecular complexity index is 138. The van der Waals surface area contributed by atoms with Crippen LogP contribution >= 0.6 is 0 Å². The van der Waals surface area contributed by atoms with E-state index in [1.165, 1.54) is 38.6 Å². The molecule has 0 heterocycles. The van der Waals surface area contributed by atoms with Crippen LogP contribution in [0.3, 0.4) is 0 Å². The lowest BCUT2D eigenvalue weighted by molar-refractivity contribution is 0.201. The standard InChI is InChI=1S/C13H27N/c1-4-14-10-11(2)12(3)13-8-6-5-7-9-13/h11-14H,4-10H2,1-3H3. The van der Waals surface area contributed by atoms with Crippen LogP contribution in [-0.4, -0.2) is 13.1 Å². The van der Waals surface area contributed by atoms with Crippen LogP contribution in [0.5, 0.6) is 0 Å². The van der Waals surface area contributed by atoms with E-state index in [1.807, 2.05) is 0 Å². The van der Waals surface area contributed by atoms with E-state index in [-0.39, 0.29) is 0 Å². The fourth-order valence-electron chi connectivity index (χ4n) is 2.68. The van der Waals surface area contributed by atoms with Gasteiger partial charge < -0.3 is 5.32 Å². The van der Waals surface area contributed by atoms with E-state index in [4.69, 9.17) is 0 Å². The number of nitrogens with one attached hydrogen (secondary N) is 1.